The van der Waals surface area contributed by atoms with Gasteiger partial charge in [-0.15, -0.1) is 0 Å². The lowest BCUT2D eigenvalue weighted by molar-refractivity contribution is -0.132. The molecule has 5 heteroatoms. The lowest BCUT2D eigenvalue weighted by atomic mass is 9.75. The van der Waals surface area contributed by atoms with Gasteiger partial charge in [-0.05, 0) is 32.4 Å². The monoisotopic (exact) mass is 279 g/mol. The van der Waals surface area contributed by atoms with Crippen molar-refractivity contribution in [3.63, 3.8) is 0 Å². The molecule has 0 aromatic rings. The molecule has 0 amide bonds. The molecular weight excluding hydrogens is 258 g/mol. The van der Waals surface area contributed by atoms with E-state index in [9.17, 15) is 4.79 Å². The van der Waals surface area contributed by atoms with Crippen LogP contribution in [0.1, 0.15) is 20.3 Å². The van der Waals surface area contributed by atoms with Gasteiger partial charge in [0.15, 0.2) is 11.5 Å². The predicted octanol–water partition coefficient (Wildman–Crippen LogP) is 0.936. The average molecular weight is 279 g/mol. The summed E-state index contributed by atoms with van der Waals surface area (Å²) in [7, 11) is 1.53. The highest BCUT2D eigenvalue weighted by Gasteiger charge is 2.71. The molecule has 0 radical (unpaired) electrons. The zero-order valence-electron chi connectivity index (χ0n) is 12.1. The third-order valence-corrected chi connectivity index (χ3v) is 4.39. The van der Waals surface area contributed by atoms with E-state index in [2.05, 4.69) is 6.08 Å². The van der Waals surface area contributed by atoms with E-state index in [-0.39, 0.29) is 17.8 Å². The van der Waals surface area contributed by atoms with Gasteiger partial charge in [0.05, 0.1) is 12.5 Å². The van der Waals surface area contributed by atoms with E-state index in [0.717, 1.165) is 6.42 Å². The highest BCUT2D eigenvalue weighted by atomic mass is 16.6. The Morgan fingerprint density at radius 2 is 2.30 bits per heavy atom. The fourth-order valence-electron chi connectivity index (χ4n) is 3.13. The van der Waals surface area contributed by atoms with Gasteiger partial charge in [-0.1, -0.05) is 11.6 Å². The maximum atomic E-state index is 12.0. The van der Waals surface area contributed by atoms with E-state index in [1.54, 1.807) is 0 Å². The standard InChI is InChI=1S/C15H21NO4/c1-9(2)4-5-11-15(16,20-11)13-12(18-3)10(17)6-7-14(13)8-19-14/h4,6-7,11-13H,5,8,16H2,1-3H3. The summed E-state index contributed by atoms with van der Waals surface area (Å²) in [6, 6.07) is 0. The average Bonchev–Trinajstić information content (AvgIpc) is 3.29. The summed E-state index contributed by atoms with van der Waals surface area (Å²) in [5, 5.41) is 0. The number of allylic oxidation sites excluding steroid dienone is 1. The SMILES string of the molecule is COC1C(=O)C=CC2(CO2)C1C1(N)OC1CC=C(C)C. The van der Waals surface area contributed by atoms with Gasteiger partial charge in [-0.3, -0.25) is 4.79 Å². The molecule has 2 fully saturated rings. The van der Waals surface area contributed by atoms with Crippen molar-refractivity contribution in [2.24, 2.45) is 11.7 Å². The van der Waals surface area contributed by atoms with Gasteiger partial charge in [0.1, 0.15) is 17.8 Å². The summed E-state index contributed by atoms with van der Waals surface area (Å²) < 4.78 is 16.7. The number of nitrogens with two attached hydrogens (primary N) is 1. The first-order valence-electron chi connectivity index (χ1n) is 6.93. The molecule has 2 heterocycles. The van der Waals surface area contributed by atoms with Crippen molar-refractivity contribution in [2.45, 2.75) is 43.8 Å². The molecule has 2 N–H and O–H groups in total. The maximum absolute atomic E-state index is 12.0. The second-order valence-electron chi connectivity index (χ2n) is 6.09. The summed E-state index contributed by atoms with van der Waals surface area (Å²) in [5.41, 5.74) is 6.30. The van der Waals surface area contributed by atoms with Crippen molar-refractivity contribution in [3.05, 3.63) is 23.8 Å². The molecule has 0 aromatic carbocycles. The molecule has 3 rings (SSSR count). The molecule has 20 heavy (non-hydrogen) atoms. The Hall–Kier alpha value is -1.01. The smallest absolute Gasteiger partial charge is 0.184 e. The summed E-state index contributed by atoms with van der Waals surface area (Å²) in [6.45, 7) is 4.65. The minimum atomic E-state index is -0.844. The molecule has 0 saturated carbocycles. The molecule has 2 aliphatic heterocycles. The second kappa shape index (κ2) is 4.49. The Morgan fingerprint density at radius 1 is 1.60 bits per heavy atom. The van der Waals surface area contributed by atoms with E-state index >= 15 is 0 Å². The topological polar surface area (TPSA) is 77.4 Å². The minimum Gasteiger partial charge on any atom is -0.373 e. The number of methoxy groups -OCH3 is 1. The molecule has 0 aromatic heterocycles. The van der Waals surface area contributed by atoms with Crippen LogP contribution in [0, 0.1) is 5.92 Å². The minimum absolute atomic E-state index is 0.0695. The first-order chi connectivity index (χ1) is 9.43. The fourth-order valence-corrected chi connectivity index (χ4v) is 3.13. The highest BCUT2D eigenvalue weighted by molar-refractivity contribution is 5.95. The predicted molar refractivity (Wildman–Crippen MR) is 73.0 cm³/mol. The van der Waals surface area contributed by atoms with Crippen LogP contribution in [0.15, 0.2) is 23.8 Å². The van der Waals surface area contributed by atoms with Crippen LogP contribution in [0.5, 0.6) is 0 Å². The van der Waals surface area contributed by atoms with Crippen LogP contribution < -0.4 is 5.73 Å². The summed E-state index contributed by atoms with van der Waals surface area (Å²) >= 11 is 0. The van der Waals surface area contributed by atoms with Gasteiger partial charge in [0, 0.05) is 7.11 Å². The first-order valence-corrected chi connectivity index (χ1v) is 6.93. The zero-order chi connectivity index (χ0) is 14.5. The molecule has 3 aliphatic rings. The van der Waals surface area contributed by atoms with Crippen LogP contribution in [0.2, 0.25) is 0 Å². The van der Waals surface area contributed by atoms with Crippen molar-refractivity contribution < 1.29 is 19.0 Å². The quantitative estimate of drug-likeness (QED) is 0.612. The molecule has 5 unspecified atom stereocenters. The Kier molecular flexibility index (Phi) is 3.14. The largest absolute Gasteiger partial charge is 0.373 e. The molecule has 5 nitrogen and oxygen atoms in total. The van der Waals surface area contributed by atoms with Crippen molar-refractivity contribution in [3.8, 4) is 0 Å². The van der Waals surface area contributed by atoms with Crippen molar-refractivity contribution in [1.82, 2.24) is 0 Å². The van der Waals surface area contributed by atoms with E-state index in [4.69, 9.17) is 19.9 Å². The molecule has 1 aliphatic carbocycles. The van der Waals surface area contributed by atoms with Crippen LogP contribution in [0.3, 0.4) is 0 Å². The number of ketones is 1. The van der Waals surface area contributed by atoms with Gasteiger partial charge in [-0.25, -0.2) is 0 Å². The summed E-state index contributed by atoms with van der Waals surface area (Å²) in [5.74, 6) is -0.354. The molecule has 1 spiro atoms. The number of carbonyl (C=O) groups is 1. The van der Waals surface area contributed by atoms with Crippen LogP contribution in [-0.4, -0.2) is 43.0 Å². The zero-order valence-corrected chi connectivity index (χ0v) is 12.1. The normalized spacial score (nSPS) is 45.6. The lowest BCUT2D eigenvalue weighted by Crippen LogP contribution is -2.55. The number of hydrogen-bond acceptors (Lipinski definition) is 5. The maximum Gasteiger partial charge on any atom is 0.184 e. The second-order valence-corrected chi connectivity index (χ2v) is 6.09. The van der Waals surface area contributed by atoms with E-state index < -0.39 is 17.4 Å². The fraction of sp³-hybridized carbons (Fsp3) is 0.667. The Morgan fingerprint density at radius 3 is 2.85 bits per heavy atom. The first kappa shape index (κ1) is 13.9. The number of ether oxygens (including phenoxy) is 3. The third-order valence-electron chi connectivity index (χ3n) is 4.39. The number of rotatable bonds is 4. The lowest BCUT2D eigenvalue weighted by Gasteiger charge is -2.33. The van der Waals surface area contributed by atoms with E-state index in [1.807, 2.05) is 19.9 Å². The van der Waals surface area contributed by atoms with Crippen LogP contribution >= 0.6 is 0 Å². The van der Waals surface area contributed by atoms with Crippen LogP contribution in [0.25, 0.3) is 0 Å². The van der Waals surface area contributed by atoms with Crippen LogP contribution in [0.4, 0.5) is 0 Å². The van der Waals surface area contributed by atoms with Crippen LogP contribution in [-0.2, 0) is 19.0 Å². The molecule has 2 saturated heterocycles. The summed E-state index contributed by atoms with van der Waals surface area (Å²) in [4.78, 5) is 12.0. The highest BCUT2D eigenvalue weighted by Crippen LogP contribution is 2.54. The van der Waals surface area contributed by atoms with Crippen molar-refractivity contribution >= 4 is 5.78 Å². The molecule has 0 bridgehead atoms. The number of epoxide rings is 2. The Bertz CT molecular complexity index is 490. The van der Waals surface area contributed by atoms with Crippen molar-refractivity contribution in [1.29, 1.82) is 0 Å². The van der Waals surface area contributed by atoms with Gasteiger partial charge in [-0.2, -0.15) is 0 Å². The molecule has 110 valence electrons. The van der Waals surface area contributed by atoms with E-state index in [1.165, 1.54) is 18.8 Å². The van der Waals surface area contributed by atoms with Gasteiger partial charge in [0.25, 0.3) is 0 Å². The summed E-state index contributed by atoms with van der Waals surface area (Å²) in [6.07, 6.45) is 5.52. The van der Waals surface area contributed by atoms with Gasteiger partial charge >= 0.3 is 0 Å². The van der Waals surface area contributed by atoms with Crippen molar-refractivity contribution in [2.75, 3.05) is 13.7 Å². The molecule has 5 atom stereocenters. The number of carbonyl (C=O) groups excluding carboxylic acids is 1. The Labute approximate surface area is 118 Å². The van der Waals surface area contributed by atoms with Gasteiger partial charge in [0.2, 0.25) is 0 Å². The molecular formula is C15H21NO4. The van der Waals surface area contributed by atoms with Gasteiger partial charge < -0.3 is 19.9 Å². The number of hydrogen-bond donors (Lipinski definition) is 1. The Balaban J connectivity index is 1.83. The van der Waals surface area contributed by atoms with E-state index in [0.29, 0.717) is 6.61 Å². The third kappa shape index (κ3) is 2.05.